The van der Waals surface area contributed by atoms with E-state index in [4.69, 9.17) is 27.9 Å². The summed E-state index contributed by atoms with van der Waals surface area (Å²) in [6.45, 7) is 2.45. The predicted octanol–water partition coefficient (Wildman–Crippen LogP) is 3.45. The number of benzene rings is 1. The van der Waals surface area contributed by atoms with Crippen LogP contribution in [0.4, 0.5) is 0 Å². The van der Waals surface area contributed by atoms with E-state index in [1.807, 2.05) is 6.92 Å². The summed E-state index contributed by atoms with van der Waals surface area (Å²) < 4.78 is 6.73. The molecule has 1 heterocycles. The first-order valence-electron chi connectivity index (χ1n) is 5.68. The molecule has 2 rings (SSSR count). The number of carbonyl (C=O) groups is 1. The Morgan fingerprint density at radius 2 is 2.16 bits per heavy atom. The molecule has 0 spiro atoms. The van der Waals surface area contributed by atoms with Crippen LogP contribution in [0.15, 0.2) is 24.4 Å². The normalized spacial score (nSPS) is 10.5. The van der Waals surface area contributed by atoms with Crippen LogP contribution in [0.1, 0.15) is 23.0 Å². The van der Waals surface area contributed by atoms with E-state index in [1.165, 1.54) is 13.3 Å². The molecule has 6 heteroatoms. The minimum atomic E-state index is -0.260. The van der Waals surface area contributed by atoms with Crippen LogP contribution in [-0.2, 0) is 6.54 Å². The van der Waals surface area contributed by atoms with Crippen molar-refractivity contribution in [3.63, 3.8) is 0 Å². The molecule has 4 nitrogen and oxygen atoms in total. The highest BCUT2D eigenvalue weighted by molar-refractivity contribution is 6.36. The highest BCUT2D eigenvalue weighted by Gasteiger charge is 2.22. The van der Waals surface area contributed by atoms with Gasteiger partial charge in [0.25, 0.3) is 0 Å². The van der Waals surface area contributed by atoms with Gasteiger partial charge in [-0.05, 0) is 25.1 Å². The quantitative estimate of drug-likeness (QED) is 0.812. The highest BCUT2D eigenvalue weighted by Crippen LogP contribution is 2.27. The van der Waals surface area contributed by atoms with Crippen molar-refractivity contribution in [1.82, 2.24) is 9.78 Å². The average molecular weight is 299 g/mol. The molecular weight excluding hydrogens is 287 g/mol. The summed E-state index contributed by atoms with van der Waals surface area (Å²) >= 11 is 12.0. The minimum Gasteiger partial charge on any atom is -0.493 e. The largest absolute Gasteiger partial charge is 0.493 e. The van der Waals surface area contributed by atoms with Crippen molar-refractivity contribution in [2.45, 2.75) is 13.5 Å². The molecule has 0 fully saturated rings. The lowest BCUT2D eigenvalue weighted by Gasteiger charge is -2.08. The number of hydrogen-bond acceptors (Lipinski definition) is 3. The predicted molar refractivity (Wildman–Crippen MR) is 74.3 cm³/mol. The van der Waals surface area contributed by atoms with Gasteiger partial charge in [0.05, 0.1) is 18.3 Å². The summed E-state index contributed by atoms with van der Waals surface area (Å²) in [6, 6.07) is 4.77. The third-order valence-electron chi connectivity index (χ3n) is 2.71. The lowest BCUT2D eigenvalue weighted by molar-refractivity contribution is 0.102. The first-order chi connectivity index (χ1) is 9.08. The zero-order valence-corrected chi connectivity index (χ0v) is 12.0. The van der Waals surface area contributed by atoms with Gasteiger partial charge in [0.1, 0.15) is 0 Å². The van der Waals surface area contributed by atoms with Crippen molar-refractivity contribution >= 4 is 29.0 Å². The van der Waals surface area contributed by atoms with E-state index in [9.17, 15) is 4.79 Å². The smallest absolute Gasteiger partial charge is 0.216 e. The first kappa shape index (κ1) is 13.9. The fourth-order valence-corrected chi connectivity index (χ4v) is 2.16. The molecule has 0 N–H and O–H groups in total. The number of aromatic nitrogens is 2. The Kier molecular flexibility index (Phi) is 4.12. The maximum atomic E-state index is 12.6. The molecule has 100 valence electrons. The Balaban J connectivity index is 2.55. The van der Waals surface area contributed by atoms with Crippen LogP contribution < -0.4 is 4.74 Å². The molecular formula is C13H12Cl2N2O2. The van der Waals surface area contributed by atoms with Crippen LogP contribution in [0.25, 0.3) is 0 Å². The monoisotopic (exact) mass is 298 g/mol. The number of methoxy groups -OCH3 is 1. The van der Waals surface area contributed by atoms with Crippen LogP contribution in [0.5, 0.6) is 5.75 Å². The Hall–Kier alpha value is -1.52. The molecule has 0 amide bonds. The summed E-state index contributed by atoms with van der Waals surface area (Å²) in [5, 5.41) is 4.90. The van der Waals surface area contributed by atoms with E-state index in [1.54, 1.807) is 22.9 Å². The van der Waals surface area contributed by atoms with Crippen molar-refractivity contribution < 1.29 is 9.53 Å². The van der Waals surface area contributed by atoms with Crippen molar-refractivity contribution in [2.75, 3.05) is 7.11 Å². The van der Waals surface area contributed by atoms with E-state index in [0.717, 1.165) is 0 Å². The van der Waals surface area contributed by atoms with Crippen molar-refractivity contribution in [2.24, 2.45) is 0 Å². The van der Waals surface area contributed by atoms with Gasteiger partial charge in [-0.3, -0.25) is 9.48 Å². The summed E-state index contributed by atoms with van der Waals surface area (Å²) in [5.41, 5.74) is 0.705. The Morgan fingerprint density at radius 3 is 2.79 bits per heavy atom. The standard InChI is InChI=1S/C13H12Cl2N2O2/c1-3-17-12(11(19-2)7-16-17)13(18)9-6-8(14)4-5-10(9)15/h4-7H,3H2,1-2H3. The third-order valence-corrected chi connectivity index (χ3v) is 3.28. The van der Waals surface area contributed by atoms with E-state index in [0.29, 0.717) is 33.6 Å². The SMILES string of the molecule is CCn1ncc(OC)c1C(=O)c1cc(Cl)ccc1Cl. The van der Waals surface area contributed by atoms with Crippen LogP contribution >= 0.6 is 23.2 Å². The molecule has 0 aliphatic heterocycles. The molecule has 0 saturated heterocycles. The van der Waals surface area contributed by atoms with Crippen molar-refractivity contribution in [1.29, 1.82) is 0 Å². The summed E-state index contributed by atoms with van der Waals surface area (Å²) in [6.07, 6.45) is 1.51. The van der Waals surface area contributed by atoms with Gasteiger partial charge in [0, 0.05) is 17.1 Å². The summed E-state index contributed by atoms with van der Waals surface area (Å²) in [4.78, 5) is 12.6. The number of hydrogen-bond donors (Lipinski definition) is 0. The Labute approximate surface area is 120 Å². The molecule has 0 aliphatic carbocycles. The summed E-state index contributed by atoms with van der Waals surface area (Å²) in [5.74, 6) is 0.159. The fourth-order valence-electron chi connectivity index (χ4n) is 1.79. The van der Waals surface area contributed by atoms with Crippen LogP contribution in [0.3, 0.4) is 0 Å². The topological polar surface area (TPSA) is 44.1 Å². The van der Waals surface area contributed by atoms with E-state index in [2.05, 4.69) is 5.10 Å². The van der Waals surface area contributed by atoms with E-state index < -0.39 is 0 Å². The molecule has 0 aliphatic rings. The van der Waals surface area contributed by atoms with Gasteiger partial charge in [-0.2, -0.15) is 5.10 Å². The molecule has 0 unspecified atom stereocenters. The maximum absolute atomic E-state index is 12.6. The van der Waals surface area contributed by atoms with Crippen molar-refractivity contribution in [3.8, 4) is 5.75 Å². The molecule has 1 aromatic carbocycles. The summed E-state index contributed by atoms with van der Waals surface area (Å²) in [7, 11) is 1.49. The molecule has 1 aromatic heterocycles. The van der Waals surface area contributed by atoms with Gasteiger partial charge in [-0.1, -0.05) is 23.2 Å². The maximum Gasteiger partial charge on any atom is 0.216 e. The van der Waals surface area contributed by atoms with E-state index >= 15 is 0 Å². The Morgan fingerprint density at radius 1 is 1.42 bits per heavy atom. The average Bonchev–Trinajstić information content (AvgIpc) is 2.83. The number of carbonyl (C=O) groups excluding carboxylic acids is 1. The second kappa shape index (κ2) is 5.63. The molecule has 0 bridgehead atoms. The third kappa shape index (κ3) is 2.60. The number of aryl methyl sites for hydroxylation is 1. The molecule has 2 aromatic rings. The number of nitrogens with zero attached hydrogens (tertiary/aromatic N) is 2. The van der Waals surface area contributed by atoms with Gasteiger partial charge < -0.3 is 4.74 Å². The number of halogens is 2. The van der Waals surface area contributed by atoms with Crippen LogP contribution in [-0.4, -0.2) is 22.7 Å². The van der Waals surface area contributed by atoms with E-state index in [-0.39, 0.29) is 5.78 Å². The number of ketones is 1. The van der Waals surface area contributed by atoms with Crippen LogP contribution in [0.2, 0.25) is 10.0 Å². The van der Waals surface area contributed by atoms with Crippen LogP contribution in [0, 0.1) is 0 Å². The van der Waals surface area contributed by atoms with Gasteiger partial charge >= 0.3 is 0 Å². The Bertz CT molecular complexity index is 602. The second-order valence-corrected chi connectivity index (χ2v) is 4.67. The van der Waals surface area contributed by atoms with Gasteiger partial charge in [0.15, 0.2) is 11.4 Å². The van der Waals surface area contributed by atoms with Gasteiger partial charge in [0.2, 0.25) is 5.78 Å². The number of rotatable bonds is 4. The zero-order valence-electron chi connectivity index (χ0n) is 10.5. The molecule has 0 saturated carbocycles. The lowest BCUT2D eigenvalue weighted by Crippen LogP contribution is -2.12. The zero-order chi connectivity index (χ0) is 14.0. The second-order valence-electron chi connectivity index (χ2n) is 3.83. The van der Waals surface area contributed by atoms with Gasteiger partial charge in [-0.15, -0.1) is 0 Å². The molecule has 0 atom stereocenters. The number of ether oxygens (including phenoxy) is 1. The van der Waals surface area contributed by atoms with Gasteiger partial charge in [-0.25, -0.2) is 0 Å². The molecule has 0 radical (unpaired) electrons. The fraction of sp³-hybridized carbons (Fsp3) is 0.231. The lowest BCUT2D eigenvalue weighted by atomic mass is 10.1. The van der Waals surface area contributed by atoms with Crippen molar-refractivity contribution in [3.05, 3.63) is 45.7 Å². The first-order valence-corrected chi connectivity index (χ1v) is 6.43. The highest BCUT2D eigenvalue weighted by atomic mass is 35.5. The molecule has 19 heavy (non-hydrogen) atoms. The minimum absolute atomic E-state index is 0.260.